The van der Waals surface area contributed by atoms with Gasteiger partial charge in [0.05, 0.1) is 6.54 Å². The summed E-state index contributed by atoms with van der Waals surface area (Å²) in [6, 6.07) is 5.89. The molecule has 0 aliphatic heterocycles. The summed E-state index contributed by atoms with van der Waals surface area (Å²) in [5.41, 5.74) is 6.62. The lowest BCUT2D eigenvalue weighted by Crippen LogP contribution is -2.49. The van der Waals surface area contributed by atoms with E-state index in [2.05, 4.69) is 10.6 Å². The van der Waals surface area contributed by atoms with Crippen molar-refractivity contribution >= 4 is 17.5 Å². The molecule has 0 aromatic heterocycles. The molecule has 3 rings (SSSR count). The highest BCUT2D eigenvalue weighted by Gasteiger charge is 2.40. The molecule has 24 heavy (non-hydrogen) atoms. The van der Waals surface area contributed by atoms with Gasteiger partial charge < -0.3 is 16.4 Å². The van der Waals surface area contributed by atoms with E-state index in [0.717, 1.165) is 25.7 Å². The molecule has 2 unspecified atom stereocenters. The maximum absolute atomic E-state index is 13.1. The Bertz CT molecular complexity index is 608. The summed E-state index contributed by atoms with van der Waals surface area (Å²) in [5.74, 6) is -0.0532. The summed E-state index contributed by atoms with van der Waals surface area (Å²) < 4.78 is 13.1. The lowest BCUT2D eigenvalue weighted by atomic mass is 9.65. The van der Waals surface area contributed by atoms with Crippen LogP contribution in [0.25, 0.3) is 0 Å². The number of rotatable bonds is 4. The molecule has 0 heterocycles. The number of nitrogens with two attached hydrogens (primary N) is 1. The Hall–Kier alpha value is -1.95. The monoisotopic (exact) mass is 333 g/mol. The SMILES string of the molecule is NC1C2CCCC1CC(C(=O)NCC(=O)Nc1cccc(F)c1)C2. The van der Waals surface area contributed by atoms with Crippen molar-refractivity contribution in [2.45, 2.75) is 38.1 Å². The number of carbonyl (C=O) groups is 2. The Morgan fingerprint density at radius 3 is 2.58 bits per heavy atom. The predicted octanol–water partition coefficient (Wildman–Crippen LogP) is 2.03. The lowest BCUT2D eigenvalue weighted by Gasteiger charge is -2.43. The van der Waals surface area contributed by atoms with Crippen LogP contribution in [0.5, 0.6) is 0 Å². The molecule has 1 aromatic rings. The Morgan fingerprint density at radius 2 is 1.92 bits per heavy atom. The minimum atomic E-state index is -0.415. The smallest absolute Gasteiger partial charge is 0.243 e. The number of hydrogen-bond donors (Lipinski definition) is 3. The Balaban J connectivity index is 1.48. The van der Waals surface area contributed by atoms with Crippen molar-refractivity contribution in [1.82, 2.24) is 5.32 Å². The first-order valence-corrected chi connectivity index (χ1v) is 8.61. The highest BCUT2D eigenvalue weighted by atomic mass is 19.1. The fraction of sp³-hybridized carbons (Fsp3) is 0.556. The summed E-state index contributed by atoms with van der Waals surface area (Å²) in [7, 11) is 0. The topological polar surface area (TPSA) is 84.2 Å². The van der Waals surface area contributed by atoms with Crippen molar-refractivity contribution in [2.24, 2.45) is 23.5 Å². The molecule has 2 fully saturated rings. The normalized spacial score (nSPS) is 28.9. The van der Waals surface area contributed by atoms with E-state index in [0.29, 0.717) is 17.5 Å². The average Bonchev–Trinajstić information content (AvgIpc) is 2.52. The van der Waals surface area contributed by atoms with E-state index in [1.54, 1.807) is 6.07 Å². The number of amides is 2. The van der Waals surface area contributed by atoms with Gasteiger partial charge in [-0.05, 0) is 55.7 Å². The number of nitrogens with one attached hydrogen (secondary N) is 2. The van der Waals surface area contributed by atoms with E-state index < -0.39 is 5.82 Å². The van der Waals surface area contributed by atoms with E-state index in [-0.39, 0.29) is 30.3 Å². The molecule has 2 atom stereocenters. The fourth-order valence-electron chi connectivity index (χ4n) is 4.09. The zero-order valence-electron chi connectivity index (χ0n) is 13.6. The molecule has 1 aromatic carbocycles. The Kier molecular flexibility index (Phi) is 5.14. The fourth-order valence-corrected chi connectivity index (χ4v) is 4.09. The second-order valence-electron chi connectivity index (χ2n) is 6.97. The highest BCUT2D eigenvalue weighted by Crippen LogP contribution is 2.41. The molecule has 2 aliphatic rings. The standard InChI is InChI=1S/C18H24FN3O2/c19-14-5-2-6-15(9-14)22-16(23)10-21-18(24)13-7-11-3-1-4-12(8-13)17(11)20/h2,5-6,9,11-13,17H,1,3-4,7-8,10,20H2,(H,21,24)(H,22,23). The van der Waals surface area contributed by atoms with Gasteiger partial charge in [0.2, 0.25) is 11.8 Å². The van der Waals surface area contributed by atoms with Gasteiger partial charge in [0.1, 0.15) is 5.82 Å². The Labute approximate surface area is 141 Å². The molecular weight excluding hydrogens is 309 g/mol. The van der Waals surface area contributed by atoms with Gasteiger partial charge in [0.25, 0.3) is 0 Å². The second-order valence-corrected chi connectivity index (χ2v) is 6.97. The molecule has 6 heteroatoms. The van der Waals surface area contributed by atoms with E-state index in [9.17, 15) is 14.0 Å². The maximum atomic E-state index is 13.1. The van der Waals surface area contributed by atoms with Crippen LogP contribution in [-0.2, 0) is 9.59 Å². The zero-order valence-corrected chi connectivity index (χ0v) is 13.6. The van der Waals surface area contributed by atoms with Crippen molar-refractivity contribution < 1.29 is 14.0 Å². The van der Waals surface area contributed by atoms with Crippen molar-refractivity contribution in [2.75, 3.05) is 11.9 Å². The van der Waals surface area contributed by atoms with Crippen LogP contribution in [0.4, 0.5) is 10.1 Å². The molecule has 130 valence electrons. The van der Waals surface area contributed by atoms with Crippen LogP contribution in [-0.4, -0.2) is 24.4 Å². The van der Waals surface area contributed by atoms with Crippen molar-refractivity contribution in [1.29, 1.82) is 0 Å². The first kappa shape index (κ1) is 16.9. The number of anilines is 1. The van der Waals surface area contributed by atoms with Crippen molar-refractivity contribution in [3.63, 3.8) is 0 Å². The van der Waals surface area contributed by atoms with Gasteiger partial charge >= 0.3 is 0 Å². The summed E-state index contributed by atoms with van der Waals surface area (Å²) >= 11 is 0. The van der Waals surface area contributed by atoms with Crippen LogP contribution < -0.4 is 16.4 Å². The number of fused-ring (bicyclic) bond motifs is 2. The minimum Gasteiger partial charge on any atom is -0.347 e. The average molecular weight is 333 g/mol. The molecule has 0 saturated heterocycles. The van der Waals surface area contributed by atoms with Gasteiger partial charge in [-0.15, -0.1) is 0 Å². The van der Waals surface area contributed by atoms with Gasteiger partial charge in [0.15, 0.2) is 0 Å². The molecule has 2 aliphatic carbocycles. The van der Waals surface area contributed by atoms with Crippen LogP contribution in [0.2, 0.25) is 0 Å². The third-order valence-corrected chi connectivity index (χ3v) is 5.32. The van der Waals surface area contributed by atoms with E-state index in [1.807, 2.05) is 0 Å². The molecular formula is C18H24FN3O2. The van der Waals surface area contributed by atoms with E-state index >= 15 is 0 Å². The summed E-state index contributed by atoms with van der Waals surface area (Å²) in [5, 5.41) is 5.28. The van der Waals surface area contributed by atoms with Crippen LogP contribution >= 0.6 is 0 Å². The summed E-state index contributed by atoms with van der Waals surface area (Å²) in [4.78, 5) is 24.2. The van der Waals surface area contributed by atoms with Crippen molar-refractivity contribution in [3.05, 3.63) is 30.1 Å². The number of halogens is 1. The van der Waals surface area contributed by atoms with Crippen molar-refractivity contribution in [3.8, 4) is 0 Å². The number of hydrogen-bond acceptors (Lipinski definition) is 3. The van der Waals surface area contributed by atoms with Gasteiger partial charge in [-0.3, -0.25) is 9.59 Å². The zero-order chi connectivity index (χ0) is 17.1. The largest absolute Gasteiger partial charge is 0.347 e. The highest BCUT2D eigenvalue weighted by molar-refractivity contribution is 5.94. The first-order valence-electron chi connectivity index (χ1n) is 8.61. The molecule has 2 amide bonds. The molecule has 0 radical (unpaired) electrons. The number of benzene rings is 1. The van der Waals surface area contributed by atoms with Crippen LogP contribution in [0, 0.1) is 23.6 Å². The molecule has 2 bridgehead atoms. The van der Waals surface area contributed by atoms with E-state index in [1.165, 1.54) is 24.6 Å². The third kappa shape index (κ3) is 3.93. The third-order valence-electron chi connectivity index (χ3n) is 5.32. The Morgan fingerprint density at radius 1 is 1.21 bits per heavy atom. The van der Waals surface area contributed by atoms with Gasteiger partial charge in [0, 0.05) is 17.6 Å². The van der Waals surface area contributed by atoms with Crippen LogP contribution in [0.15, 0.2) is 24.3 Å². The second kappa shape index (κ2) is 7.30. The molecule has 5 nitrogen and oxygen atoms in total. The van der Waals surface area contributed by atoms with E-state index in [4.69, 9.17) is 5.73 Å². The first-order chi connectivity index (χ1) is 11.5. The van der Waals surface area contributed by atoms with Gasteiger partial charge in [-0.1, -0.05) is 12.5 Å². The van der Waals surface area contributed by atoms with Crippen LogP contribution in [0.1, 0.15) is 32.1 Å². The predicted molar refractivity (Wildman–Crippen MR) is 89.6 cm³/mol. The lowest BCUT2D eigenvalue weighted by molar-refractivity contribution is -0.129. The van der Waals surface area contributed by atoms with Gasteiger partial charge in [-0.2, -0.15) is 0 Å². The molecule has 4 N–H and O–H groups in total. The molecule has 2 saturated carbocycles. The minimum absolute atomic E-state index is 0.0536. The maximum Gasteiger partial charge on any atom is 0.243 e. The summed E-state index contributed by atoms with van der Waals surface area (Å²) in [6.45, 7) is -0.104. The van der Waals surface area contributed by atoms with Crippen LogP contribution in [0.3, 0.4) is 0 Å². The number of carbonyl (C=O) groups excluding carboxylic acids is 2. The van der Waals surface area contributed by atoms with Gasteiger partial charge in [-0.25, -0.2) is 4.39 Å². The molecule has 0 spiro atoms. The summed E-state index contributed by atoms with van der Waals surface area (Å²) in [6.07, 6.45) is 5.03. The quantitative estimate of drug-likeness (QED) is 0.788.